The highest BCUT2D eigenvalue weighted by molar-refractivity contribution is 7.92. The van der Waals surface area contributed by atoms with Crippen LogP contribution in [0.3, 0.4) is 0 Å². The number of benzene rings is 4. The van der Waals surface area contributed by atoms with E-state index in [1.54, 1.807) is 29.2 Å². The summed E-state index contributed by atoms with van der Waals surface area (Å²) in [6.07, 6.45) is 1.19. The molecule has 4 aromatic carbocycles. The van der Waals surface area contributed by atoms with Gasteiger partial charge in [-0.15, -0.1) is 0 Å². The van der Waals surface area contributed by atoms with Crippen LogP contribution < -0.4 is 4.31 Å². The maximum absolute atomic E-state index is 13.5. The number of hydrogen-bond donors (Lipinski definition) is 0. The van der Waals surface area contributed by atoms with Crippen molar-refractivity contribution >= 4 is 21.6 Å². The molecule has 0 aliphatic rings. The van der Waals surface area contributed by atoms with Crippen molar-refractivity contribution in [2.24, 2.45) is 0 Å². The Labute approximate surface area is 207 Å². The van der Waals surface area contributed by atoms with Crippen molar-refractivity contribution in [3.05, 3.63) is 138 Å². The number of hydrogen-bond acceptors (Lipinski definition) is 3. The van der Waals surface area contributed by atoms with Crippen molar-refractivity contribution in [2.75, 3.05) is 10.6 Å². The summed E-state index contributed by atoms with van der Waals surface area (Å²) in [5, 5.41) is 0. The van der Waals surface area contributed by atoms with E-state index in [1.165, 1.54) is 10.6 Å². The van der Waals surface area contributed by atoms with Crippen LogP contribution in [0.4, 0.5) is 5.69 Å². The second kappa shape index (κ2) is 11.0. The second-order valence-electron chi connectivity index (χ2n) is 8.43. The molecular weight excluding hydrogens is 456 g/mol. The highest BCUT2D eigenvalue weighted by Crippen LogP contribution is 2.23. The minimum absolute atomic E-state index is 0.113. The fourth-order valence-electron chi connectivity index (χ4n) is 3.91. The quantitative estimate of drug-likeness (QED) is 0.315. The van der Waals surface area contributed by atoms with Gasteiger partial charge in [0.1, 0.15) is 0 Å². The number of carbonyl (C=O) groups excluding carboxylic acids is 1. The molecule has 5 nitrogen and oxygen atoms in total. The Balaban J connectivity index is 1.58. The van der Waals surface area contributed by atoms with E-state index in [0.717, 1.165) is 16.7 Å². The van der Waals surface area contributed by atoms with E-state index in [1.807, 2.05) is 91.0 Å². The van der Waals surface area contributed by atoms with Crippen molar-refractivity contribution in [3.8, 4) is 0 Å². The predicted octanol–water partition coefficient (Wildman–Crippen LogP) is 5.50. The van der Waals surface area contributed by atoms with E-state index >= 15 is 0 Å². The molecule has 0 saturated heterocycles. The first-order valence-electron chi connectivity index (χ1n) is 11.4. The Morgan fingerprint density at radius 2 is 1.00 bits per heavy atom. The molecule has 4 aromatic rings. The molecule has 0 aromatic heterocycles. The minimum atomic E-state index is -3.51. The van der Waals surface area contributed by atoms with E-state index in [4.69, 9.17) is 0 Å². The summed E-state index contributed by atoms with van der Waals surface area (Å²) in [5.74, 6) is -0.113. The number of amides is 1. The predicted molar refractivity (Wildman–Crippen MR) is 140 cm³/mol. The summed E-state index contributed by atoms with van der Waals surface area (Å²) >= 11 is 0. The van der Waals surface area contributed by atoms with Gasteiger partial charge in [0, 0.05) is 18.7 Å². The van der Waals surface area contributed by atoms with E-state index in [2.05, 4.69) is 0 Å². The molecule has 178 valence electrons. The van der Waals surface area contributed by atoms with Crippen molar-refractivity contribution in [3.63, 3.8) is 0 Å². The van der Waals surface area contributed by atoms with Crippen LogP contribution in [-0.2, 0) is 29.7 Å². The molecule has 0 heterocycles. The first kappa shape index (κ1) is 24.2. The molecule has 0 radical (unpaired) electrons. The summed E-state index contributed by atoms with van der Waals surface area (Å²) < 4.78 is 26.4. The molecular formula is C29H28N2O3S. The molecule has 0 aliphatic heterocycles. The number of rotatable bonds is 9. The molecule has 0 spiro atoms. The number of sulfonamides is 1. The van der Waals surface area contributed by atoms with Crippen LogP contribution in [0.5, 0.6) is 0 Å². The van der Waals surface area contributed by atoms with Crippen LogP contribution in [-0.4, -0.2) is 25.5 Å². The van der Waals surface area contributed by atoms with Gasteiger partial charge in [-0.1, -0.05) is 91.0 Å². The van der Waals surface area contributed by atoms with E-state index in [9.17, 15) is 13.2 Å². The lowest BCUT2D eigenvalue weighted by molar-refractivity contribution is 0.0730. The smallest absolute Gasteiger partial charge is 0.254 e. The van der Waals surface area contributed by atoms with E-state index in [0.29, 0.717) is 24.3 Å². The third-order valence-corrected chi connectivity index (χ3v) is 6.83. The third-order valence-electron chi connectivity index (χ3n) is 5.69. The van der Waals surface area contributed by atoms with Gasteiger partial charge in [-0.25, -0.2) is 8.42 Å². The van der Waals surface area contributed by atoms with Gasteiger partial charge in [-0.2, -0.15) is 0 Å². The maximum atomic E-state index is 13.5. The molecule has 0 atom stereocenters. The topological polar surface area (TPSA) is 57.7 Å². The van der Waals surface area contributed by atoms with Crippen molar-refractivity contribution < 1.29 is 13.2 Å². The highest BCUT2D eigenvalue weighted by Gasteiger charge is 2.20. The Hall–Kier alpha value is -3.90. The minimum Gasteiger partial charge on any atom is -0.330 e. The summed E-state index contributed by atoms with van der Waals surface area (Å²) in [6.45, 7) is 1.17. The Morgan fingerprint density at radius 1 is 0.600 bits per heavy atom. The van der Waals surface area contributed by atoms with Crippen LogP contribution in [0.2, 0.25) is 0 Å². The molecule has 0 N–H and O–H groups in total. The number of nitrogens with zero attached hydrogens (tertiary/aromatic N) is 2. The zero-order valence-corrected chi connectivity index (χ0v) is 20.4. The van der Waals surface area contributed by atoms with Crippen LogP contribution >= 0.6 is 0 Å². The summed E-state index contributed by atoms with van der Waals surface area (Å²) in [6, 6.07) is 36.0. The standard InChI is InChI=1S/C29H28N2O3S/c1-35(33,34)31(23-26-15-9-4-10-16-26)28-19-17-27(18-20-28)29(32)30(21-24-11-5-2-6-12-24)22-25-13-7-3-8-14-25/h2-20H,21-23H2,1H3. The zero-order chi connectivity index (χ0) is 24.7. The molecule has 0 unspecified atom stereocenters. The zero-order valence-electron chi connectivity index (χ0n) is 19.6. The second-order valence-corrected chi connectivity index (χ2v) is 10.3. The van der Waals surface area contributed by atoms with Crippen LogP contribution in [0.1, 0.15) is 27.0 Å². The van der Waals surface area contributed by atoms with Gasteiger partial charge in [0.25, 0.3) is 5.91 Å². The SMILES string of the molecule is CS(=O)(=O)N(Cc1ccccc1)c1ccc(C(=O)N(Cc2ccccc2)Cc2ccccc2)cc1. The Kier molecular flexibility index (Phi) is 7.63. The molecule has 1 amide bonds. The fourth-order valence-corrected chi connectivity index (χ4v) is 4.80. The first-order chi connectivity index (χ1) is 16.9. The maximum Gasteiger partial charge on any atom is 0.254 e. The van der Waals surface area contributed by atoms with Gasteiger partial charge in [0.15, 0.2) is 0 Å². The van der Waals surface area contributed by atoms with Gasteiger partial charge < -0.3 is 4.90 Å². The van der Waals surface area contributed by atoms with Gasteiger partial charge in [0.2, 0.25) is 10.0 Å². The summed E-state index contributed by atoms with van der Waals surface area (Å²) in [7, 11) is -3.51. The Morgan fingerprint density at radius 3 is 1.40 bits per heavy atom. The summed E-state index contributed by atoms with van der Waals surface area (Å²) in [4.78, 5) is 15.3. The van der Waals surface area contributed by atoms with Crippen molar-refractivity contribution in [2.45, 2.75) is 19.6 Å². The number of carbonyl (C=O) groups is 1. The lowest BCUT2D eigenvalue weighted by atomic mass is 10.1. The van der Waals surface area contributed by atoms with Crippen molar-refractivity contribution in [1.82, 2.24) is 4.90 Å². The highest BCUT2D eigenvalue weighted by atomic mass is 32.2. The Bertz CT molecular complexity index is 1300. The molecule has 0 bridgehead atoms. The molecule has 35 heavy (non-hydrogen) atoms. The molecule has 0 fully saturated rings. The number of anilines is 1. The van der Waals surface area contributed by atoms with Crippen molar-refractivity contribution in [1.29, 1.82) is 0 Å². The van der Waals surface area contributed by atoms with E-state index < -0.39 is 10.0 Å². The largest absolute Gasteiger partial charge is 0.330 e. The lowest BCUT2D eigenvalue weighted by Gasteiger charge is -2.25. The van der Waals surface area contributed by atoms with E-state index in [-0.39, 0.29) is 12.5 Å². The molecule has 4 rings (SSSR count). The normalized spacial score (nSPS) is 11.1. The molecule has 0 saturated carbocycles. The van der Waals surface area contributed by atoms with Crippen LogP contribution in [0.25, 0.3) is 0 Å². The average Bonchev–Trinajstić information content (AvgIpc) is 2.88. The fraction of sp³-hybridized carbons (Fsp3) is 0.138. The summed E-state index contributed by atoms with van der Waals surface area (Å²) in [5.41, 5.74) is 3.99. The molecule has 6 heteroatoms. The van der Waals surface area contributed by atoms with Crippen LogP contribution in [0, 0.1) is 0 Å². The third kappa shape index (κ3) is 6.58. The first-order valence-corrected chi connectivity index (χ1v) is 13.2. The van der Waals surface area contributed by atoms with Gasteiger partial charge in [-0.3, -0.25) is 9.10 Å². The molecule has 0 aliphatic carbocycles. The van der Waals surface area contributed by atoms with Gasteiger partial charge >= 0.3 is 0 Å². The van der Waals surface area contributed by atoms with Gasteiger partial charge in [-0.05, 0) is 41.0 Å². The average molecular weight is 485 g/mol. The monoisotopic (exact) mass is 484 g/mol. The van der Waals surface area contributed by atoms with Crippen LogP contribution in [0.15, 0.2) is 115 Å². The lowest BCUT2D eigenvalue weighted by Crippen LogP contribution is -2.31. The van der Waals surface area contributed by atoms with Gasteiger partial charge in [0.05, 0.1) is 18.5 Å².